The summed E-state index contributed by atoms with van der Waals surface area (Å²) in [5.41, 5.74) is 10.2. The largest absolute Gasteiger partial charge is 0.490 e. The molecule has 0 saturated carbocycles. The summed E-state index contributed by atoms with van der Waals surface area (Å²) in [6.07, 6.45) is 2.32. The number of nitrogens with zero attached hydrogens (tertiary/aromatic N) is 4. The predicted octanol–water partition coefficient (Wildman–Crippen LogP) is 4.62. The Morgan fingerprint density at radius 1 is 1.22 bits per heavy atom. The van der Waals surface area contributed by atoms with E-state index in [0.717, 1.165) is 11.1 Å². The van der Waals surface area contributed by atoms with Gasteiger partial charge in [-0.2, -0.15) is 8.78 Å². The van der Waals surface area contributed by atoms with E-state index in [2.05, 4.69) is 4.98 Å². The van der Waals surface area contributed by atoms with Crippen molar-refractivity contribution in [3.63, 3.8) is 0 Å². The second-order valence-corrected chi connectivity index (χ2v) is 8.90. The fourth-order valence-corrected chi connectivity index (χ4v) is 5.08. The SMILES string of the molecule is CCC1c2nc3ccc(-c4cnc5c(c4)OCC5N)cc3n2-c2c(OC(F)F)cccc2C(=O)N1C. The maximum atomic E-state index is 13.4. The van der Waals surface area contributed by atoms with Crippen LogP contribution in [-0.4, -0.2) is 45.6 Å². The van der Waals surface area contributed by atoms with E-state index in [9.17, 15) is 13.6 Å². The summed E-state index contributed by atoms with van der Waals surface area (Å²) in [4.78, 5) is 24.3. The maximum absolute atomic E-state index is 13.4. The summed E-state index contributed by atoms with van der Waals surface area (Å²) in [5, 5.41) is 0. The molecule has 2 aromatic carbocycles. The Bertz CT molecular complexity index is 1520. The van der Waals surface area contributed by atoms with E-state index in [1.54, 1.807) is 34.8 Å². The molecule has 1 amide bonds. The summed E-state index contributed by atoms with van der Waals surface area (Å²) in [6.45, 7) is -0.714. The van der Waals surface area contributed by atoms with E-state index >= 15 is 0 Å². The number of ether oxygens (including phenoxy) is 2. The smallest absolute Gasteiger partial charge is 0.387 e. The molecule has 6 rings (SSSR count). The van der Waals surface area contributed by atoms with Gasteiger partial charge in [-0.15, -0.1) is 0 Å². The topological polar surface area (TPSA) is 95.5 Å². The first-order valence-corrected chi connectivity index (χ1v) is 11.6. The number of nitrogens with two attached hydrogens (primary N) is 1. The van der Waals surface area contributed by atoms with Gasteiger partial charge in [-0.3, -0.25) is 14.3 Å². The first-order chi connectivity index (χ1) is 17.4. The molecule has 2 aliphatic rings. The van der Waals surface area contributed by atoms with Gasteiger partial charge >= 0.3 is 6.61 Å². The number of hydrogen-bond acceptors (Lipinski definition) is 6. The third kappa shape index (κ3) is 3.32. The molecular weight excluding hydrogens is 468 g/mol. The summed E-state index contributed by atoms with van der Waals surface area (Å²) in [7, 11) is 1.70. The number of amides is 1. The van der Waals surface area contributed by atoms with Crippen LogP contribution in [0, 0.1) is 0 Å². The Morgan fingerprint density at radius 3 is 2.83 bits per heavy atom. The molecule has 2 aromatic heterocycles. The Balaban J connectivity index is 1.62. The zero-order valence-corrected chi connectivity index (χ0v) is 19.6. The van der Waals surface area contributed by atoms with Gasteiger partial charge < -0.3 is 20.1 Å². The van der Waals surface area contributed by atoms with Crippen LogP contribution in [0.4, 0.5) is 8.78 Å². The van der Waals surface area contributed by atoms with Crippen molar-refractivity contribution in [2.75, 3.05) is 13.7 Å². The van der Waals surface area contributed by atoms with Crippen LogP contribution in [-0.2, 0) is 0 Å². The van der Waals surface area contributed by atoms with Gasteiger partial charge in [0.2, 0.25) is 0 Å². The normalized spacial score (nSPS) is 18.6. The van der Waals surface area contributed by atoms with Gasteiger partial charge in [0.1, 0.15) is 29.6 Å². The van der Waals surface area contributed by atoms with Gasteiger partial charge in [0, 0.05) is 18.8 Å². The van der Waals surface area contributed by atoms with Crippen LogP contribution in [0.15, 0.2) is 48.7 Å². The van der Waals surface area contributed by atoms with Crippen LogP contribution < -0.4 is 15.2 Å². The van der Waals surface area contributed by atoms with Crippen molar-refractivity contribution in [2.24, 2.45) is 5.73 Å². The standard InChI is InChI=1S/C26H23F2N5O3/c1-3-18-24-31-17-8-7-13(14-10-21-22(30-11-14)16(29)12-35-21)9-19(17)33(24)23-15(25(34)32(18)2)5-4-6-20(23)36-26(27)28/h4-11,16,18,26H,3,12,29H2,1-2H3. The number of rotatable bonds is 4. The number of carbonyl (C=O) groups is 1. The molecule has 36 heavy (non-hydrogen) atoms. The fraction of sp³-hybridized carbons (Fsp3) is 0.269. The zero-order chi connectivity index (χ0) is 25.1. The monoisotopic (exact) mass is 491 g/mol. The van der Waals surface area contributed by atoms with Gasteiger partial charge in [0.15, 0.2) is 5.75 Å². The van der Waals surface area contributed by atoms with Crippen molar-refractivity contribution in [1.29, 1.82) is 0 Å². The summed E-state index contributed by atoms with van der Waals surface area (Å²) < 4.78 is 39.1. The second-order valence-electron chi connectivity index (χ2n) is 8.90. The Hall–Kier alpha value is -4.05. The van der Waals surface area contributed by atoms with Crippen molar-refractivity contribution in [2.45, 2.75) is 32.0 Å². The van der Waals surface area contributed by atoms with Crippen LogP contribution in [0.2, 0.25) is 0 Å². The lowest BCUT2D eigenvalue weighted by Crippen LogP contribution is -2.30. The molecule has 0 saturated heterocycles. The molecule has 10 heteroatoms. The molecule has 184 valence electrons. The highest BCUT2D eigenvalue weighted by atomic mass is 19.3. The van der Waals surface area contributed by atoms with Crippen LogP contribution in [0.1, 0.15) is 47.3 Å². The fourth-order valence-electron chi connectivity index (χ4n) is 5.08. The number of pyridine rings is 1. The first kappa shape index (κ1) is 22.4. The van der Waals surface area contributed by atoms with E-state index in [0.29, 0.717) is 41.3 Å². The average Bonchev–Trinajstić information content (AvgIpc) is 3.40. The van der Waals surface area contributed by atoms with Crippen LogP contribution in [0.5, 0.6) is 11.5 Å². The highest BCUT2D eigenvalue weighted by Gasteiger charge is 2.35. The summed E-state index contributed by atoms with van der Waals surface area (Å²) >= 11 is 0. The Morgan fingerprint density at radius 2 is 2.06 bits per heavy atom. The number of imidazole rings is 1. The summed E-state index contributed by atoms with van der Waals surface area (Å²) in [5.74, 6) is 0.839. The lowest BCUT2D eigenvalue weighted by atomic mass is 10.1. The van der Waals surface area contributed by atoms with E-state index < -0.39 is 6.61 Å². The van der Waals surface area contributed by atoms with Crippen molar-refractivity contribution in [3.05, 3.63) is 65.7 Å². The van der Waals surface area contributed by atoms with E-state index in [1.807, 2.05) is 31.2 Å². The third-order valence-electron chi connectivity index (χ3n) is 6.81. The number of hydrogen-bond donors (Lipinski definition) is 1. The highest BCUT2D eigenvalue weighted by Crippen LogP contribution is 2.41. The lowest BCUT2D eigenvalue weighted by Gasteiger charge is -2.24. The lowest BCUT2D eigenvalue weighted by molar-refractivity contribution is -0.0498. The zero-order valence-electron chi connectivity index (χ0n) is 19.6. The van der Waals surface area contributed by atoms with E-state index in [-0.39, 0.29) is 35.0 Å². The van der Waals surface area contributed by atoms with Crippen LogP contribution >= 0.6 is 0 Å². The average molecular weight is 491 g/mol. The van der Waals surface area contributed by atoms with Gasteiger partial charge in [0.05, 0.1) is 28.7 Å². The predicted molar refractivity (Wildman–Crippen MR) is 128 cm³/mol. The molecule has 2 aliphatic heterocycles. The minimum absolute atomic E-state index is 0.0893. The molecule has 0 aliphatic carbocycles. The highest BCUT2D eigenvalue weighted by molar-refractivity contribution is 6.01. The van der Waals surface area contributed by atoms with Gasteiger partial charge in [-0.1, -0.05) is 19.1 Å². The number of benzene rings is 2. The molecule has 2 N–H and O–H groups in total. The number of carbonyl (C=O) groups excluding carboxylic acids is 1. The number of halogens is 2. The van der Waals surface area contributed by atoms with Crippen LogP contribution in [0.25, 0.3) is 27.8 Å². The first-order valence-electron chi connectivity index (χ1n) is 11.6. The van der Waals surface area contributed by atoms with Crippen molar-refractivity contribution < 1.29 is 23.0 Å². The number of fused-ring (bicyclic) bond motifs is 6. The quantitative estimate of drug-likeness (QED) is 0.448. The molecular formula is C26H23F2N5O3. The maximum Gasteiger partial charge on any atom is 0.387 e. The van der Waals surface area contributed by atoms with Crippen molar-refractivity contribution >= 4 is 16.9 Å². The molecule has 0 bridgehead atoms. The van der Waals surface area contributed by atoms with Crippen LogP contribution in [0.3, 0.4) is 0 Å². The van der Waals surface area contributed by atoms with Crippen molar-refractivity contribution in [1.82, 2.24) is 19.4 Å². The number of para-hydroxylation sites is 1. The van der Waals surface area contributed by atoms with E-state index in [4.69, 9.17) is 20.2 Å². The Labute approximate surface area is 205 Å². The van der Waals surface area contributed by atoms with Gasteiger partial charge in [-0.25, -0.2) is 4.98 Å². The minimum atomic E-state index is -3.05. The molecule has 2 unspecified atom stereocenters. The van der Waals surface area contributed by atoms with Crippen molar-refractivity contribution in [3.8, 4) is 28.3 Å². The molecule has 8 nitrogen and oxygen atoms in total. The minimum Gasteiger partial charge on any atom is -0.490 e. The second kappa shape index (κ2) is 8.27. The van der Waals surface area contributed by atoms with Gasteiger partial charge in [0.25, 0.3) is 5.91 Å². The molecule has 0 spiro atoms. The molecule has 4 heterocycles. The number of alkyl halides is 2. The molecule has 0 radical (unpaired) electrons. The molecule has 0 fully saturated rings. The third-order valence-corrected chi connectivity index (χ3v) is 6.81. The Kier molecular flexibility index (Phi) is 5.15. The number of aromatic nitrogens is 3. The molecule has 2 atom stereocenters. The summed E-state index contributed by atoms with van der Waals surface area (Å²) in [6, 6.07) is 11.6. The van der Waals surface area contributed by atoms with E-state index in [1.165, 1.54) is 6.07 Å². The molecule has 4 aromatic rings. The van der Waals surface area contributed by atoms with Gasteiger partial charge in [-0.05, 0) is 42.3 Å².